The number of unbranched alkanes of at least 4 members (excludes halogenated alkanes) is 3. The summed E-state index contributed by atoms with van der Waals surface area (Å²) in [6, 6.07) is 0. The Morgan fingerprint density at radius 1 is 0.750 bits per heavy atom. The molecule has 0 fully saturated rings. The Labute approximate surface area is 103 Å². The maximum Gasteiger partial charge on any atom is 0.0178 e. The van der Waals surface area contributed by atoms with Crippen LogP contribution in [0, 0.1) is 0 Å². The molecule has 1 unspecified atom stereocenters. The zero-order valence-electron chi connectivity index (χ0n) is 12.1. The van der Waals surface area contributed by atoms with Crippen molar-refractivity contribution >= 4 is 0 Å². The monoisotopic (exact) mass is 227 g/mol. The van der Waals surface area contributed by atoms with E-state index >= 15 is 0 Å². The Balaban J connectivity index is 4.04. The van der Waals surface area contributed by atoms with Crippen LogP contribution in [0.3, 0.4) is 0 Å². The minimum absolute atomic E-state index is 0.443. The molecule has 1 atom stereocenters. The summed E-state index contributed by atoms with van der Waals surface area (Å²) in [5.74, 6) is 0. The summed E-state index contributed by atoms with van der Waals surface area (Å²) in [5, 5.41) is 3.81. The van der Waals surface area contributed by atoms with E-state index in [1.807, 2.05) is 0 Å². The lowest BCUT2D eigenvalue weighted by Crippen LogP contribution is -2.45. The summed E-state index contributed by atoms with van der Waals surface area (Å²) >= 11 is 0. The van der Waals surface area contributed by atoms with Crippen LogP contribution in [-0.4, -0.2) is 12.1 Å². The van der Waals surface area contributed by atoms with Gasteiger partial charge in [-0.3, -0.25) is 0 Å². The van der Waals surface area contributed by atoms with E-state index in [0.717, 1.165) is 0 Å². The number of hydrogen-bond acceptors (Lipinski definition) is 1. The van der Waals surface area contributed by atoms with Gasteiger partial charge in [0.1, 0.15) is 0 Å². The third kappa shape index (κ3) is 6.52. The van der Waals surface area contributed by atoms with E-state index in [-0.39, 0.29) is 0 Å². The Morgan fingerprint density at radius 2 is 1.50 bits per heavy atom. The second-order valence-corrected chi connectivity index (χ2v) is 5.12. The van der Waals surface area contributed by atoms with Crippen LogP contribution in [-0.2, 0) is 0 Å². The molecular weight excluding hydrogens is 194 g/mol. The zero-order valence-corrected chi connectivity index (χ0v) is 12.1. The number of nitrogens with one attached hydrogen (secondary N) is 1. The first-order chi connectivity index (χ1) is 7.74. The first-order valence-electron chi connectivity index (χ1n) is 7.49. The standard InChI is InChI=1S/C15H33N/c1-5-9-10-11-13-15(8-4,12-6-2)16-14-7-3/h16H,5-14H2,1-4H3. The molecule has 0 amide bonds. The number of rotatable bonds is 11. The SMILES string of the molecule is CCCCCCC(CC)(CCC)NCCC. The molecule has 0 saturated heterocycles. The van der Waals surface area contributed by atoms with Gasteiger partial charge in [0, 0.05) is 5.54 Å². The van der Waals surface area contributed by atoms with Crippen molar-refractivity contribution in [2.45, 2.75) is 91.0 Å². The molecule has 0 aromatic heterocycles. The molecule has 0 aliphatic carbocycles. The van der Waals surface area contributed by atoms with Crippen LogP contribution in [0.4, 0.5) is 0 Å². The van der Waals surface area contributed by atoms with Crippen LogP contribution in [0.1, 0.15) is 85.5 Å². The van der Waals surface area contributed by atoms with Crippen molar-refractivity contribution in [3.8, 4) is 0 Å². The highest BCUT2D eigenvalue weighted by Crippen LogP contribution is 2.25. The summed E-state index contributed by atoms with van der Waals surface area (Å²) in [6.45, 7) is 10.4. The third-order valence-corrected chi connectivity index (χ3v) is 3.66. The molecule has 98 valence electrons. The van der Waals surface area contributed by atoms with Gasteiger partial charge in [0.25, 0.3) is 0 Å². The van der Waals surface area contributed by atoms with Gasteiger partial charge in [-0.25, -0.2) is 0 Å². The lowest BCUT2D eigenvalue weighted by molar-refractivity contribution is 0.259. The van der Waals surface area contributed by atoms with Crippen molar-refractivity contribution in [3.05, 3.63) is 0 Å². The largest absolute Gasteiger partial charge is 0.311 e. The summed E-state index contributed by atoms with van der Waals surface area (Å²) in [4.78, 5) is 0. The van der Waals surface area contributed by atoms with Gasteiger partial charge >= 0.3 is 0 Å². The molecule has 0 saturated carbocycles. The van der Waals surface area contributed by atoms with Crippen molar-refractivity contribution in [1.82, 2.24) is 5.32 Å². The second-order valence-electron chi connectivity index (χ2n) is 5.12. The molecule has 1 heteroatoms. The van der Waals surface area contributed by atoms with Crippen molar-refractivity contribution in [1.29, 1.82) is 0 Å². The predicted molar refractivity (Wildman–Crippen MR) is 75.0 cm³/mol. The summed E-state index contributed by atoms with van der Waals surface area (Å²) in [7, 11) is 0. The smallest absolute Gasteiger partial charge is 0.0178 e. The van der Waals surface area contributed by atoms with E-state index in [1.165, 1.54) is 64.3 Å². The molecule has 0 bridgehead atoms. The van der Waals surface area contributed by atoms with E-state index in [1.54, 1.807) is 0 Å². The Morgan fingerprint density at radius 3 is 2.00 bits per heavy atom. The first-order valence-corrected chi connectivity index (χ1v) is 7.49. The van der Waals surface area contributed by atoms with Gasteiger partial charge in [-0.15, -0.1) is 0 Å². The van der Waals surface area contributed by atoms with Crippen LogP contribution in [0.5, 0.6) is 0 Å². The summed E-state index contributed by atoms with van der Waals surface area (Å²) < 4.78 is 0. The Bertz CT molecular complexity index is 144. The van der Waals surface area contributed by atoms with Crippen molar-refractivity contribution in [2.75, 3.05) is 6.54 Å². The van der Waals surface area contributed by atoms with Gasteiger partial charge < -0.3 is 5.32 Å². The fourth-order valence-corrected chi connectivity index (χ4v) is 2.54. The first kappa shape index (κ1) is 16.0. The minimum atomic E-state index is 0.443. The van der Waals surface area contributed by atoms with Crippen molar-refractivity contribution in [2.24, 2.45) is 0 Å². The Hall–Kier alpha value is -0.0400. The van der Waals surface area contributed by atoms with E-state index in [9.17, 15) is 0 Å². The van der Waals surface area contributed by atoms with Crippen LogP contribution in [0.2, 0.25) is 0 Å². The zero-order chi connectivity index (χ0) is 12.3. The molecule has 0 heterocycles. The normalized spacial score (nSPS) is 15.0. The molecule has 0 aliphatic rings. The van der Waals surface area contributed by atoms with Gasteiger partial charge in [-0.1, -0.05) is 59.8 Å². The van der Waals surface area contributed by atoms with E-state index in [0.29, 0.717) is 5.54 Å². The molecule has 1 N–H and O–H groups in total. The Kier molecular flexibility index (Phi) is 10.1. The lowest BCUT2D eigenvalue weighted by atomic mass is 9.85. The predicted octanol–water partition coefficient (Wildman–Crippen LogP) is 4.91. The van der Waals surface area contributed by atoms with E-state index in [2.05, 4.69) is 33.0 Å². The second kappa shape index (κ2) is 10.1. The van der Waals surface area contributed by atoms with Gasteiger partial charge in [0.2, 0.25) is 0 Å². The van der Waals surface area contributed by atoms with Gasteiger partial charge in [-0.2, -0.15) is 0 Å². The van der Waals surface area contributed by atoms with Gasteiger partial charge in [0.15, 0.2) is 0 Å². The van der Waals surface area contributed by atoms with Crippen molar-refractivity contribution in [3.63, 3.8) is 0 Å². The molecule has 0 aromatic carbocycles. The maximum absolute atomic E-state index is 3.81. The van der Waals surface area contributed by atoms with Crippen LogP contribution < -0.4 is 5.32 Å². The van der Waals surface area contributed by atoms with Gasteiger partial charge in [0.05, 0.1) is 0 Å². The molecule has 0 aromatic rings. The molecule has 0 rings (SSSR count). The summed E-state index contributed by atoms with van der Waals surface area (Å²) in [6.07, 6.45) is 12.1. The van der Waals surface area contributed by atoms with E-state index < -0.39 is 0 Å². The lowest BCUT2D eigenvalue weighted by Gasteiger charge is -2.34. The maximum atomic E-state index is 3.81. The molecule has 0 aliphatic heterocycles. The van der Waals surface area contributed by atoms with Gasteiger partial charge in [-0.05, 0) is 32.2 Å². The van der Waals surface area contributed by atoms with Crippen LogP contribution in [0.15, 0.2) is 0 Å². The van der Waals surface area contributed by atoms with Crippen LogP contribution >= 0.6 is 0 Å². The molecule has 0 spiro atoms. The van der Waals surface area contributed by atoms with E-state index in [4.69, 9.17) is 0 Å². The summed E-state index contributed by atoms with van der Waals surface area (Å²) in [5.41, 5.74) is 0.443. The van der Waals surface area contributed by atoms with Crippen LogP contribution in [0.25, 0.3) is 0 Å². The minimum Gasteiger partial charge on any atom is -0.311 e. The molecule has 0 radical (unpaired) electrons. The highest BCUT2D eigenvalue weighted by Gasteiger charge is 2.25. The third-order valence-electron chi connectivity index (χ3n) is 3.66. The average molecular weight is 227 g/mol. The quantitative estimate of drug-likeness (QED) is 0.495. The highest BCUT2D eigenvalue weighted by molar-refractivity contribution is 4.86. The topological polar surface area (TPSA) is 12.0 Å². The number of hydrogen-bond donors (Lipinski definition) is 1. The highest BCUT2D eigenvalue weighted by atomic mass is 15.0. The molecule has 1 nitrogen and oxygen atoms in total. The fraction of sp³-hybridized carbons (Fsp3) is 1.00. The molecular formula is C15H33N. The average Bonchev–Trinajstić information content (AvgIpc) is 2.31. The fourth-order valence-electron chi connectivity index (χ4n) is 2.54. The molecule has 16 heavy (non-hydrogen) atoms. The van der Waals surface area contributed by atoms with Crippen molar-refractivity contribution < 1.29 is 0 Å².